The molecule has 1 saturated heterocycles. The SMILES string of the molecule is CC(C)NC(=O)Cc1ccc(NC(=O)CCC2CCNC2)cc1.Cl. The third kappa shape index (κ3) is 7.32. The van der Waals surface area contributed by atoms with E-state index >= 15 is 0 Å². The second-order valence-electron chi connectivity index (χ2n) is 6.54. The van der Waals surface area contributed by atoms with Crippen molar-refractivity contribution >= 4 is 29.9 Å². The van der Waals surface area contributed by atoms with Crippen LogP contribution in [0, 0.1) is 5.92 Å². The first-order valence-corrected chi connectivity index (χ1v) is 8.42. The van der Waals surface area contributed by atoms with Gasteiger partial charge in [0.2, 0.25) is 11.8 Å². The van der Waals surface area contributed by atoms with Crippen molar-refractivity contribution in [1.29, 1.82) is 0 Å². The monoisotopic (exact) mass is 353 g/mol. The lowest BCUT2D eigenvalue weighted by Crippen LogP contribution is -2.31. The molecule has 0 aliphatic carbocycles. The van der Waals surface area contributed by atoms with Crippen LogP contribution in [-0.2, 0) is 16.0 Å². The second-order valence-corrected chi connectivity index (χ2v) is 6.54. The molecule has 1 aromatic rings. The number of rotatable bonds is 7. The molecule has 2 rings (SSSR count). The van der Waals surface area contributed by atoms with Gasteiger partial charge in [0, 0.05) is 18.2 Å². The zero-order valence-corrected chi connectivity index (χ0v) is 15.2. The quantitative estimate of drug-likeness (QED) is 0.705. The van der Waals surface area contributed by atoms with E-state index in [0.29, 0.717) is 18.8 Å². The predicted octanol–water partition coefficient (Wildman–Crippen LogP) is 2.50. The second kappa shape index (κ2) is 10.3. The minimum absolute atomic E-state index is 0. The van der Waals surface area contributed by atoms with Crippen LogP contribution in [0.4, 0.5) is 5.69 Å². The van der Waals surface area contributed by atoms with Crippen molar-refractivity contribution in [3.05, 3.63) is 29.8 Å². The van der Waals surface area contributed by atoms with Crippen molar-refractivity contribution < 1.29 is 9.59 Å². The number of amides is 2. The van der Waals surface area contributed by atoms with Crippen LogP contribution in [0.15, 0.2) is 24.3 Å². The average Bonchev–Trinajstić information content (AvgIpc) is 3.00. The fourth-order valence-corrected chi connectivity index (χ4v) is 2.78. The highest BCUT2D eigenvalue weighted by atomic mass is 35.5. The number of carbonyl (C=O) groups is 2. The third-order valence-corrected chi connectivity index (χ3v) is 3.99. The highest BCUT2D eigenvalue weighted by molar-refractivity contribution is 5.90. The highest BCUT2D eigenvalue weighted by Crippen LogP contribution is 2.16. The molecule has 0 bridgehead atoms. The maximum atomic E-state index is 12.0. The molecule has 1 heterocycles. The Balaban J connectivity index is 0.00000288. The van der Waals surface area contributed by atoms with Crippen LogP contribution in [0.3, 0.4) is 0 Å². The van der Waals surface area contributed by atoms with Crippen molar-refractivity contribution in [2.24, 2.45) is 5.92 Å². The van der Waals surface area contributed by atoms with Crippen molar-refractivity contribution in [2.45, 2.75) is 45.6 Å². The molecule has 1 aromatic carbocycles. The van der Waals surface area contributed by atoms with Gasteiger partial charge >= 0.3 is 0 Å². The Bertz CT molecular complexity index is 526. The van der Waals surface area contributed by atoms with E-state index in [1.165, 1.54) is 6.42 Å². The zero-order chi connectivity index (χ0) is 16.7. The van der Waals surface area contributed by atoms with Crippen LogP contribution in [0.2, 0.25) is 0 Å². The standard InChI is InChI=1S/C18H27N3O2.ClH/c1-13(2)20-18(23)11-14-3-6-16(7-4-14)21-17(22)8-5-15-9-10-19-12-15;/h3-4,6-7,13,15,19H,5,8-12H2,1-2H3,(H,20,23)(H,21,22);1H. The first kappa shape index (κ1) is 20.5. The maximum absolute atomic E-state index is 12.0. The van der Waals surface area contributed by atoms with Gasteiger partial charge in [0.15, 0.2) is 0 Å². The van der Waals surface area contributed by atoms with Crippen LogP contribution in [0.25, 0.3) is 0 Å². The first-order chi connectivity index (χ1) is 11.0. The minimum atomic E-state index is 0. The summed E-state index contributed by atoms with van der Waals surface area (Å²) in [6.45, 7) is 5.98. The molecule has 1 unspecified atom stereocenters. The van der Waals surface area contributed by atoms with Crippen molar-refractivity contribution in [1.82, 2.24) is 10.6 Å². The molecule has 0 aromatic heterocycles. The Kier molecular flexibility index (Phi) is 8.79. The summed E-state index contributed by atoms with van der Waals surface area (Å²) in [5.41, 5.74) is 1.73. The number of carbonyl (C=O) groups excluding carboxylic acids is 2. The van der Waals surface area contributed by atoms with Crippen LogP contribution < -0.4 is 16.0 Å². The van der Waals surface area contributed by atoms with Crippen molar-refractivity contribution in [3.8, 4) is 0 Å². The summed E-state index contributed by atoms with van der Waals surface area (Å²) in [7, 11) is 0. The maximum Gasteiger partial charge on any atom is 0.224 e. The number of hydrogen-bond acceptors (Lipinski definition) is 3. The van der Waals surface area contributed by atoms with Gasteiger partial charge in [-0.15, -0.1) is 12.4 Å². The fraction of sp³-hybridized carbons (Fsp3) is 0.556. The van der Waals surface area contributed by atoms with E-state index in [-0.39, 0.29) is 30.3 Å². The molecule has 0 spiro atoms. The molecule has 6 heteroatoms. The Hall–Kier alpha value is -1.59. The highest BCUT2D eigenvalue weighted by Gasteiger charge is 2.15. The number of anilines is 1. The normalized spacial score (nSPS) is 16.5. The van der Waals surface area contributed by atoms with Crippen LogP contribution in [0.1, 0.15) is 38.7 Å². The Morgan fingerprint density at radius 3 is 2.50 bits per heavy atom. The fourth-order valence-electron chi connectivity index (χ4n) is 2.78. The lowest BCUT2D eigenvalue weighted by Gasteiger charge is -2.10. The number of hydrogen-bond donors (Lipinski definition) is 3. The van der Waals surface area contributed by atoms with Gasteiger partial charge in [-0.3, -0.25) is 9.59 Å². The van der Waals surface area contributed by atoms with Gasteiger partial charge in [0.25, 0.3) is 0 Å². The van der Waals surface area contributed by atoms with Gasteiger partial charge in [-0.1, -0.05) is 12.1 Å². The molecule has 5 nitrogen and oxygen atoms in total. The molecule has 2 amide bonds. The summed E-state index contributed by atoms with van der Waals surface area (Å²) in [6, 6.07) is 7.63. The topological polar surface area (TPSA) is 70.2 Å². The van der Waals surface area contributed by atoms with E-state index in [0.717, 1.165) is 30.8 Å². The summed E-state index contributed by atoms with van der Waals surface area (Å²) in [6.07, 6.45) is 3.03. The van der Waals surface area contributed by atoms with E-state index in [9.17, 15) is 9.59 Å². The van der Waals surface area contributed by atoms with E-state index in [1.54, 1.807) is 0 Å². The number of benzene rings is 1. The Labute approximate surface area is 150 Å². The van der Waals surface area contributed by atoms with E-state index < -0.39 is 0 Å². The lowest BCUT2D eigenvalue weighted by atomic mass is 10.0. The smallest absolute Gasteiger partial charge is 0.224 e. The van der Waals surface area contributed by atoms with Crippen LogP contribution in [-0.4, -0.2) is 30.9 Å². The molecule has 1 aliphatic heterocycles. The molecular formula is C18H28ClN3O2. The van der Waals surface area contributed by atoms with Crippen LogP contribution in [0.5, 0.6) is 0 Å². The molecule has 0 saturated carbocycles. The van der Waals surface area contributed by atoms with Gasteiger partial charge in [0.1, 0.15) is 0 Å². The summed E-state index contributed by atoms with van der Waals surface area (Å²) in [4.78, 5) is 23.7. The summed E-state index contributed by atoms with van der Waals surface area (Å²) in [5, 5.41) is 9.10. The summed E-state index contributed by atoms with van der Waals surface area (Å²) in [5.74, 6) is 0.701. The Morgan fingerprint density at radius 1 is 1.21 bits per heavy atom. The third-order valence-electron chi connectivity index (χ3n) is 3.99. The molecule has 1 fully saturated rings. The van der Waals surface area contributed by atoms with Gasteiger partial charge < -0.3 is 16.0 Å². The van der Waals surface area contributed by atoms with Gasteiger partial charge in [-0.25, -0.2) is 0 Å². The molecule has 3 N–H and O–H groups in total. The molecule has 1 aliphatic rings. The van der Waals surface area contributed by atoms with E-state index in [4.69, 9.17) is 0 Å². The summed E-state index contributed by atoms with van der Waals surface area (Å²) >= 11 is 0. The van der Waals surface area contributed by atoms with Crippen molar-refractivity contribution in [2.75, 3.05) is 18.4 Å². The van der Waals surface area contributed by atoms with Crippen LogP contribution >= 0.6 is 12.4 Å². The summed E-state index contributed by atoms with van der Waals surface area (Å²) < 4.78 is 0. The molecule has 1 atom stereocenters. The lowest BCUT2D eigenvalue weighted by molar-refractivity contribution is -0.121. The molecule has 24 heavy (non-hydrogen) atoms. The number of halogens is 1. The average molecular weight is 354 g/mol. The van der Waals surface area contributed by atoms with Gasteiger partial charge in [-0.05, 0) is 63.4 Å². The number of nitrogens with one attached hydrogen (secondary N) is 3. The zero-order valence-electron chi connectivity index (χ0n) is 14.4. The first-order valence-electron chi connectivity index (χ1n) is 8.42. The minimum Gasteiger partial charge on any atom is -0.354 e. The van der Waals surface area contributed by atoms with E-state index in [1.807, 2.05) is 38.1 Å². The van der Waals surface area contributed by atoms with Crippen molar-refractivity contribution in [3.63, 3.8) is 0 Å². The Morgan fingerprint density at radius 2 is 1.92 bits per heavy atom. The molecule has 134 valence electrons. The largest absolute Gasteiger partial charge is 0.354 e. The molecule has 0 radical (unpaired) electrons. The van der Waals surface area contributed by atoms with E-state index in [2.05, 4.69) is 16.0 Å². The molecular weight excluding hydrogens is 326 g/mol. The van der Waals surface area contributed by atoms with Gasteiger partial charge in [-0.2, -0.15) is 0 Å². The van der Waals surface area contributed by atoms with Gasteiger partial charge in [0.05, 0.1) is 6.42 Å². The predicted molar refractivity (Wildman–Crippen MR) is 99.5 cm³/mol.